The Hall–Kier alpha value is -0.620. The van der Waals surface area contributed by atoms with E-state index in [1.807, 2.05) is 0 Å². The summed E-state index contributed by atoms with van der Waals surface area (Å²) in [5.74, 6) is -1.11. The summed E-state index contributed by atoms with van der Waals surface area (Å²) in [5.41, 5.74) is 0. The molecule has 1 N–H and O–H groups in total. The summed E-state index contributed by atoms with van der Waals surface area (Å²) in [6, 6.07) is 0. The Morgan fingerprint density at radius 2 is 1.80 bits per heavy atom. The van der Waals surface area contributed by atoms with Crippen molar-refractivity contribution >= 4 is 16.0 Å². The van der Waals surface area contributed by atoms with Crippen molar-refractivity contribution in [3.63, 3.8) is 0 Å². The maximum Gasteiger partial charge on any atom is 0.320 e. The van der Waals surface area contributed by atoms with Gasteiger partial charge in [-0.3, -0.25) is 4.79 Å². The predicted molar refractivity (Wildman–Crippen MR) is 53.8 cm³/mol. The summed E-state index contributed by atoms with van der Waals surface area (Å²) in [6.07, 6.45) is 3.36. The highest BCUT2D eigenvalue weighted by atomic mass is 32.2. The van der Waals surface area contributed by atoms with Crippen molar-refractivity contribution in [3.05, 3.63) is 0 Å². The fourth-order valence-electron chi connectivity index (χ4n) is 2.67. The van der Waals surface area contributed by atoms with Gasteiger partial charge in [-0.15, -0.1) is 0 Å². The molecule has 2 aliphatic rings. The minimum atomic E-state index is -3.57. The van der Waals surface area contributed by atoms with Gasteiger partial charge in [0.2, 0.25) is 10.0 Å². The molecule has 0 aromatic carbocycles. The van der Waals surface area contributed by atoms with Crippen LogP contribution >= 0.6 is 0 Å². The van der Waals surface area contributed by atoms with Crippen LogP contribution < -0.4 is 0 Å². The lowest BCUT2D eigenvalue weighted by molar-refractivity contribution is -0.134. The second-order valence-electron chi connectivity index (χ2n) is 4.42. The summed E-state index contributed by atoms with van der Waals surface area (Å²) in [7, 11) is -3.57. The molecule has 1 saturated carbocycles. The topological polar surface area (TPSA) is 74.7 Å². The standard InChI is InChI=1S/C9H15NO4S/c11-9(12)6-15(13,14)10-4-7-2-1-3-8(7)5-10/h7-8H,1-6H2,(H,11,12). The molecule has 6 heteroatoms. The number of carboxylic acids is 1. The van der Waals surface area contributed by atoms with Crippen LogP contribution in [0.3, 0.4) is 0 Å². The van der Waals surface area contributed by atoms with Gasteiger partial charge >= 0.3 is 5.97 Å². The molecule has 15 heavy (non-hydrogen) atoms. The highest BCUT2D eigenvalue weighted by Gasteiger charge is 2.41. The lowest BCUT2D eigenvalue weighted by Gasteiger charge is -2.15. The zero-order chi connectivity index (χ0) is 11.1. The molecule has 0 spiro atoms. The van der Waals surface area contributed by atoms with Crippen LogP contribution in [-0.2, 0) is 14.8 Å². The predicted octanol–water partition coefficient (Wildman–Crippen LogP) is 0.133. The van der Waals surface area contributed by atoms with E-state index in [2.05, 4.69) is 0 Å². The Morgan fingerprint density at radius 1 is 1.27 bits per heavy atom. The smallest absolute Gasteiger partial charge is 0.320 e. The van der Waals surface area contributed by atoms with Crippen molar-refractivity contribution in [1.82, 2.24) is 4.31 Å². The van der Waals surface area contributed by atoms with E-state index in [0.29, 0.717) is 24.9 Å². The highest BCUT2D eigenvalue weighted by Crippen LogP contribution is 2.38. The number of carboxylic acid groups (broad SMARTS) is 1. The van der Waals surface area contributed by atoms with Crippen LogP contribution in [0.1, 0.15) is 19.3 Å². The van der Waals surface area contributed by atoms with Crippen LogP contribution in [0.4, 0.5) is 0 Å². The van der Waals surface area contributed by atoms with Gasteiger partial charge in [0.25, 0.3) is 0 Å². The van der Waals surface area contributed by atoms with Gasteiger partial charge in [0.05, 0.1) is 0 Å². The third-order valence-electron chi connectivity index (χ3n) is 3.39. The van der Waals surface area contributed by atoms with E-state index < -0.39 is 21.7 Å². The average Bonchev–Trinajstić information content (AvgIpc) is 2.56. The monoisotopic (exact) mass is 233 g/mol. The molecule has 1 aliphatic carbocycles. The molecule has 1 heterocycles. The number of nitrogens with zero attached hydrogens (tertiary/aromatic N) is 1. The van der Waals surface area contributed by atoms with Crippen molar-refractivity contribution < 1.29 is 18.3 Å². The minimum Gasteiger partial charge on any atom is -0.480 e. The van der Waals surface area contributed by atoms with Gasteiger partial charge in [0, 0.05) is 13.1 Å². The molecule has 2 atom stereocenters. The largest absolute Gasteiger partial charge is 0.480 e. The quantitative estimate of drug-likeness (QED) is 0.752. The van der Waals surface area contributed by atoms with Crippen LogP contribution in [0.15, 0.2) is 0 Å². The first kappa shape index (κ1) is 10.9. The molecule has 2 fully saturated rings. The SMILES string of the molecule is O=C(O)CS(=O)(=O)N1CC2CCCC2C1. The van der Waals surface area contributed by atoms with E-state index in [0.717, 1.165) is 12.8 Å². The lowest BCUT2D eigenvalue weighted by Crippen LogP contribution is -2.34. The van der Waals surface area contributed by atoms with Crippen LogP contribution in [-0.4, -0.2) is 42.6 Å². The van der Waals surface area contributed by atoms with Crippen LogP contribution in [0, 0.1) is 11.8 Å². The Labute approximate surface area is 89.1 Å². The molecule has 0 aromatic rings. The third-order valence-corrected chi connectivity index (χ3v) is 5.09. The van der Waals surface area contributed by atoms with E-state index in [1.165, 1.54) is 10.7 Å². The first-order valence-corrected chi connectivity index (χ1v) is 6.79. The molecular formula is C9H15NO4S. The molecule has 1 aliphatic heterocycles. The van der Waals surface area contributed by atoms with Crippen LogP contribution in [0.25, 0.3) is 0 Å². The molecule has 1 saturated heterocycles. The molecule has 2 unspecified atom stereocenters. The number of aliphatic carboxylic acids is 1. The molecule has 86 valence electrons. The summed E-state index contributed by atoms with van der Waals surface area (Å²) in [5, 5.41) is 8.51. The molecule has 5 nitrogen and oxygen atoms in total. The number of hydrogen-bond acceptors (Lipinski definition) is 3. The van der Waals surface area contributed by atoms with Crippen LogP contribution in [0.5, 0.6) is 0 Å². The number of sulfonamides is 1. The molecule has 0 radical (unpaired) electrons. The zero-order valence-corrected chi connectivity index (χ0v) is 9.24. The number of hydrogen-bond donors (Lipinski definition) is 1. The van der Waals surface area contributed by atoms with E-state index >= 15 is 0 Å². The van der Waals surface area contributed by atoms with Crippen molar-refractivity contribution in [1.29, 1.82) is 0 Å². The van der Waals surface area contributed by atoms with Gasteiger partial charge < -0.3 is 5.11 Å². The van der Waals surface area contributed by atoms with Crippen molar-refractivity contribution in [3.8, 4) is 0 Å². The first-order valence-electron chi connectivity index (χ1n) is 5.18. The zero-order valence-electron chi connectivity index (χ0n) is 8.42. The van der Waals surface area contributed by atoms with Gasteiger partial charge in [-0.1, -0.05) is 6.42 Å². The van der Waals surface area contributed by atoms with Crippen LogP contribution in [0.2, 0.25) is 0 Å². The highest BCUT2D eigenvalue weighted by molar-refractivity contribution is 7.89. The Balaban J connectivity index is 2.04. The number of rotatable bonds is 3. The molecule has 0 aromatic heterocycles. The van der Waals surface area contributed by atoms with Gasteiger partial charge in [0.1, 0.15) is 0 Å². The maximum absolute atomic E-state index is 11.6. The average molecular weight is 233 g/mol. The molecule has 0 amide bonds. The van der Waals surface area contributed by atoms with Crippen molar-refractivity contribution in [2.45, 2.75) is 19.3 Å². The van der Waals surface area contributed by atoms with Gasteiger partial charge in [-0.25, -0.2) is 12.7 Å². The summed E-state index contributed by atoms with van der Waals surface area (Å²) in [4.78, 5) is 10.4. The third kappa shape index (κ3) is 2.15. The van der Waals surface area contributed by atoms with E-state index in [-0.39, 0.29) is 0 Å². The van der Waals surface area contributed by atoms with Gasteiger partial charge in [-0.2, -0.15) is 0 Å². The normalized spacial score (nSPS) is 31.7. The molecular weight excluding hydrogens is 218 g/mol. The Bertz CT molecular complexity index is 352. The molecule has 2 rings (SSSR count). The number of carbonyl (C=O) groups is 1. The van der Waals surface area contributed by atoms with E-state index in [9.17, 15) is 13.2 Å². The second kappa shape index (κ2) is 3.75. The first-order chi connectivity index (χ1) is 6.99. The second-order valence-corrected chi connectivity index (χ2v) is 6.39. The van der Waals surface area contributed by atoms with E-state index in [4.69, 9.17) is 5.11 Å². The Kier molecular flexibility index (Phi) is 2.72. The van der Waals surface area contributed by atoms with Crippen molar-refractivity contribution in [2.24, 2.45) is 11.8 Å². The van der Waals surface area contributed by atoms with Gasteiger partial charge in [0.15, 0.2) is 5.75 Å². The maximum atomic E-state index is 11.6. The lowest BCUT2D eigenvalue weighted by atomic mass is 10.0. The fourth-order valence-corrected chi connectivity index (χ4v) is 4.00. The van der Waals surface area contributed by atoms with E-state index in [1.54, 1.807) is 0 Å². The Morgan fingerprint density at radius 3 is 2.27 bits per heavy atom. The summed E-state index contributed by atoms with van der Waals surface area (Å²) < 4.78 is 24.6. The number of fused-ring (bicyclic) bond motifs is 1. The molecule has 0 bridgehead atoms. The van der Waals surface area contributed by atoms with Gasteiger partial charge in [-0.05, 0) is 24.7 Å². The summed E-state index contributed by atoms with van der Waals surface area (Å²) in [6.45, 7) is 1.06. The summed E-state index contributed by atoms with van der Waals surface area (Å²) >= 11 is 0. The fraction of sp³-hybridized carbons (Fsp3) is 0.889. The minimum absolute atomic E-state index is 0.466. The van der Waals surface area contributed by atoms with Crippen molar-refractivity contribution in [2.75, 3.05) is 18.8 Å².